The molecule has 1 aliphatic carbocycles. The molecule has 1 saturated heterocycles. The zero-order valence-corrected chi connectivity index (χ0v) is 15.3. The van der Waals surface area contributed by atoms with Crippen molar-refractivity contribution in [3.05, 3.63) is 17.5 Å². The second kappa shape index (κ2) is 8.02. The van der Waals surface area contributed by atoms with Crippen LogP contribution in [0.15, 0.2) is 10.6 Å². The van der Waals surface area contributed by atoms with E-state index in [2.05, 4.69) is 24.3 Å². The molecule has 1 aromatic rings. The first kappa shape index (κ1) is 18.0. The van der Waals surface area contributed by atoms with Gasteiger partial charge < -0.3 is 14.7 Å². The Bertz CT molecular complexity index is 597. The van der Waals surface area contributed by atoms with Gasteiger partial charge in [-0.2, -0.15) is 0 Å². The molecule has 0 atom stereocenters. The molecule has 6 heteroatoms. The van der Waals surface area contributed by atoms with Gasteiger partial charge in [-0.1, -0.05) is 19.0 Å². The predicted molar refractivity (Wildman–Crippen MR) is 93.7 cm³/mol. The molecule has 138 valence electrons. The Balaban J connectivity index is 1.43. The zero-order valence-electron chi connectivity index (χ0n) is 15.3. The number of rotatable bonds is 7. The van der Waals surface area contributed by atoms with Gasteiger partial charge in [-0.15, -0.1) is 0 Å². The van der Waals surface area contributed by atoms with Crippen molar-refractivity contribution in [3.63, 3.8) is 0 Å². The van der Waals surface area contributed by atoms with E-state index >= 15 is 0 Å². The van der Waals surface area contributed by atoms with Crippen molar-refractivity contribution in [2.75, 3.05) is 13.1 Å². The van der Waals surface area contributed by atoms with E-state index in [1.807, 2.05) is 11.0 Å². The molecule has 1 saturated carbocycles. The second-order valence-electron chi connectivity index (χ2n) is 7.32. The van der Waals surface area contributed by atoms with Crippen LogP contribution in [0.25, 0.3) is 0 Å². The zero-order chi connectivity index (χ0) is 17.8. The van der Waals surface area contributed by atoms with E-state index in [-0.39, 0.29) is 23.7 Å². The molecule has 6 nitrogen and oxygen atoms in total. The van der Waals surface area contributed by atoms with Crippen LogP contribution in [-0.4, -0.2) is 35.0 Å². The Kier molecular flexibility index (Phi) is 5.76. The van der Waals surface area contributed by atoms with Crippen LogP contribution >= 0.6 is 0 Å². The maximum Gasteiger partial charge on any atom is 0.225 e. The van der Waals surface area contributed by atoms with Crippen molar-refractivity contribution in [3.8, 4) is 0 Å². The number of amides is 2. The maximum absolute atomic E-state index is 12.4. The predicted octanol–water partition coefficient (Wildman–Crippen LogP) is 2.84. The molecule has 0 bridgehead atoms. The molecule has 2 amide bonds. The minimum Gasteiger partial charge on any atom is -0.359 e. The van der Waals surface area contributed by atoms with E-state index in [9.17, 15) is 9.59 Å². The molecule has 0 spiro atoms. The second-order valence-corrected chi connectivity index (χ2v) is 7.32. The lowest BCUT2D eigenvalue weighted by atomic mass is 9.95. The van der Waals surface area contributed by atoms with E-state index in [0.29, 0.717) is 31.3 Å². The van der Waals surface area contributed by atoms with Crippen LogP contribution in [0.3, 0.4) is 0 Å². The summed E-state index contributed by atoms with van der Waals surface area (Å²) < 4.78 is 5.35. The van der Waals surface area contributed by atoms with Gasteiger partial charge in [-0.05, 0) is 38.5 Å². The minimum atomic E-state index is -0.00956. The van der Waals surface area contributed by atoms with E-state index < -0.39 is 0 Å². The highest BCUT2D eigenvalue weighted by atomic mass is 16.5. The number of hydrogen-bond acceptors (Lipinski definition) is 4. The first-order valence-corrected chi connectivity index (χ1v) is 9.64. The molecule has 0 radical (unpaired) electrons. The van der Waals surface area contributed by atoms with Crippen molar-refractivity contribution >= 4 is 11.8 Å². The molecule has 3 rings (SSSR count). The van der Waals surface area contributed by atoms with Gasteiger partial charge in [0.25, 0.3) is 0 Å². The van der Waals surface area contributed by atoms with Crippen LogP contribution in [0.4, 0.5) is 0 Å². The van der Waals surface area contributed by atoms with E-state index in [1.165, 1.54) is 0 Å². The Morgan fingerprint density at radius 1 is 1.20 bits per heavy atom. The largest absolute Gasteiger partial charge is 0.359 e. The standard InChI is InChI=1S/C19H29N3O3/c1-3-13(4-2)17-11-16(25-21-17)12-20-18(23)14-7-9-22(10-8-14)19(24)15-5-6-15/h11,13-15H,3-10,12H2,1-2H3,(H,20,23). The quantitative estimate of drug-likeness (QED) is 0.823. The topological polar surface area (TPSA) is 75.4 Å². The summed E-state index contributed by atoms with van der Waals surface area (Å²) in [6.45, 7) is 6.07. The number of carbonyl (C=O) groups is 2. The van der Waals surface area contributed by atoms with Gasteiger partial charge in [0.1, 0.15) is 0 Å². The molecule has 0 unspecified atom stereocenters. The summed E-state index contributed by atoms with van der Waals surface area (Å²) >= 11 is 0. The Morgan fingerprint density at radius 2 is 1.88 bits per heavy atom. The van der Waals surface area contributed by atoms with Crippen molar-refractivity contribution in [1.82, 2.24) is 15.4 Å². The highest BCUT2D eigenvalue weighted by Gasteiger charge is 2.35. The Labute approximate surface area is 149 Å². The maximum atomic E-state index is 12.4. The van der Waals surface area contributed by atoms with Gasteiger partial charge in [0, 0.05) is 36.9 Å². The molecule has 25 heavy (non-hydrogen) atoms. The molecule has 2 fully saturated rings. The monoisotopic (exact) mass is 347 g/mol. The van der Waals surface area contributed by atoms with Crippen LogP contribution in [0.1, 0.15) is 69.7 Å². The molecule has 1 aliphatic heterocycles. The van der Waals surface area contributed by atoms with Crippen LogP contribution in [-0.2, 0) is 16.1 Å². The van der Waals surface area contributed by atoms with Crippen LogP contribution in [0.5, 0.6) is 0 Å². The van der Waals surface area contributed by atoms with Crippen molar-refractivity contribution in [1.29, 1.82) is 0 Å². The van der Waals surface area contributed by atoms with E-state index in [1.54, 1.807) is 0 Å². The summed E-state index contributed by atoms with van der Waals surface area (Å²) in [7, 11) is 0. The summed E-state index contributed by atoms with van der Waals surface area (Å²) in [6.07, 6.45) is 5.64. The molecule has 2 aliphatic rings. The fourth-order valence-electron chi connectivity index (χ4n) is 3.58. The number of carbonyl (C=O) groups excluding carboxylic acids is 2. The van der Waals surface area contributed by atoms with E-state index in [0.717, 1.165) is 44.2 Å². The number of likely N-dealkylation sites (tertiary alicyclic amines) is 1. The first-order chi connectivity index (χ1) is 12.1. The molecule has 0 aromatic carbocycles. The van der Waals surface area contributed by atoms with Crippen molar-refractivity contribution < 1.29 is 14.1 Å². The molecule has 2 heterocycles. The third-order valence-electron chi connectivity index (χ3n) is 5.52. The lowest BCUT2D eigenvalue weighted by molar-refractivity contribution is -0.136. The van der Waals surface area contributed by atoms with Crippen LogP contribution < -0.4 is 5.32 Å². The average Bonchev–Trinajstić information content (AvgIpc) is 3.39. The van der Waals surface area contributed by atoms with Gasteiger partial charge in [-0.3, -0.25) is 9.59 Å². The van der Waals surface area contributed by atoms with Gasteiger partial charge >= 0.3 is 0 Å². The fraction of sp³-hybridized carbons (Fsp3) is 0.737. The molecule has 1 aromatic heterocycles. The smallest absolute Gasteiger partial charge is 0.225 e. The van der Waals surface area contributed by atoms with E-state index in [4.69, 9.17) is 4.52 Å². The first-order valence-electron chi connectivity index (χ1n) is 9.64. The lowest BCUT2D eigenvalue weighted by Gasteiger charge is -2.31. The summed E-state index contributed by atoms with van der Waals surface area (Å²) in [5.74, 6) is 1.72. The Hall–Kier alpha value is -1.85. The highest BCUT2D eigenvalue weighted by Crippen LogP contribution is 2.32. The Morgan fingerprint density at radius 3 is 2.48 bits per heavy atom. The number of nitrogens with one attached hydrogen (secondary N) is 1. The number of aromatic nitrogens is 1. The lowest BCUT2D eigenvalue weighted by Crippen LogP contribution is -2.43. The number of hydrogen-bond donors (Lipinski definition) is 1. The normalized spacial score (nSPS) is 18.6. The van der Waals surface area contributed by atoms with Gasteiger partial charge in [0.15, 0.2) is 5.76 Å². The molecule has 1 N–H and O–H groups in total. The number of piperidine rings is 1. The van der Waals surface area contributed by atoms with Gasteiger partial charge in [0.05, 0.1) is 12.2 Å². The van der Waals surface area contributed by atoms with Crippen LogP contribution in [0, 0.1) is 11.8 Å². The summed E-state index contributed by atoms with van der Waals surface area (Å²) in [5, 5.41) is 7.09. The van der Waals surface area contributed by atoms with Crippen LogP contribution in [0.2, 0.25) is 0 Å². The summed E-state index contributed by atoms with van der Waals surface area (Å²) in [6, 6.07) is 1.95. The molecular weight excluding hydrogens is 318 g/mol. The average molecular weight is 347 g/mol. The SMILES string of the molecule is CCC(CC)c1cc(CNC(=O)C2CCN(C(=O)C3CC3)CC2)on1. The van der Waals surface area contributed by atoms with Crippen molar-refractivity contribution in [2.24, 2.45) is 11.8 Å². The fourth-order valence-corrected chi connectivity index (χ4v) is 3.58. The molecular formula is C19H29N3O3. The summed E-state index contributed by atoms with van der Waals surface area (Å²) in [4.78, 5) is 26.4. The van der Waals surface area contributed by atoms with Gasteiger partial charge in [0.2, 0.25) is 11.8 Å². The highest BCUT2D eigenvalue weighted by molar-refractivity contribution is 5.82. The van der Waals surface area contributed by atoms with Gasteiger partial charge in [-0.25, -0.2) is 0 Å². The third-order valence-corrected chi connectivity index (χ3v) is 5.52. The van der Waals surface area contributed by atoms with Crippen molar-refractivity contribution in [2.45, 2.75) is 64.8 Å². The summed E-state index contributed by atoms with van der Waals surface area (Å²) in [5.41, 5.74) is 0.973. The third kappa shape index (κ3) is 4.41. The number of nitrogens with zero attached hydrogens (tertiary/aromatic N) is 2. The minimum absolute atomic E-state index is 0.00956.